The van der Waals surface area contributed by atoms with Crippen molar-refractivity contribution in [1.82, 2.24) is 15.5 Å². The predicted octanol–water partition coefficient (Wildman–Crippen LogP) is 3.18. The number of benzene rings is 2. The molecule has 0 atom stereocenters. The molecule has 3 aromatic rings. The van der Waals surface area contributed by atoms with Gasteiger partial charge in [0.05, 0.1) is 5.75 Å². The minimum atomic E-state index is -0.0941. The zero-order valence-corrected chi connectivity index (χ0v) is 15.4. The Morgan fingerprint density at radius 1 is 1.11 bits per heavy atom. The number of amides is 1. The highest BCUT2D eigenvalue weighted by atomic mass is 32.2. The van der Waals surface area contributed by atoms with E-state index in [1.54, 1.807) is 12.1 Å². The van der Waals surface area contributed by atoms with E-state index in [4.69, 9.17) is 13.9 Å². The highest BCUT2D eigenvalue weighted by Gasteiger charge is 2.17. The van der Waals surface area contributed by atoms with E-state index in [1.165, 1.54) is 17.3 Å². The van der Waals surface area contributed by atoms with E-state index in [9.17, 15) is 4.79 Å². The fourth-order valence-electron chi connectivity index (χ4n) is 2.50. The Morgan fingerprint density at radius 3 is 2.78 bits per heavy atom. The monoisotopic (exact) mass is 383 g/mol. The van der Waals surface area contributed by atoms with Crippen LogP contribution in [0.1, 0.15) is 11.1 Å². The number of aryl methyl sites for hydroxylation is 1. The lowest BCUT2D eigenvalue weighted by Crippen LogP contribution is -2.24. The lowest BCUT2D eigenvalue weighted by molar-refractivity contribution is -0.118. The van der Waals surface area contributed by atoms with Crippen LogP contribution in [-0.2, 0) is 11.3 Å². The number of nitrogens with zero attached hydrogens (tertiary/aromatic N) is 2. The third-order valence-corrected chi connectivity index (χ3v) is 4.78. The topological polar surface area (TPSA) is 86.5 Å². The van der Waals surface area contributed by atoms with Crippen LogP contribution in [0.4, 0.5) is 0 Å². The molecule has 27 heavy (non-hydrogen) atoms. The van der Waals surface area contributed by atoms with Gasteiger partial charge in [-0.3, -0.25) is 4.79 Å². The van der Waals surface area contributed by atoms with Gasteiger partial charge in [-0.05, 0) is 30.7 Å². The molecule has 0 aliphatic carbocycles. The summed E-state index contributed by atoms with van der Waals surface area (Å²) in [6.07, 6.45) is 0. The van der Waals surface area contributed by atoms with Crippen molar-refractivity contribution in [1.29, 1.82) is 0 Å². The lowest BCUT2D eigenvalue weighted by atomic mass is 10.1. The molecule has 1 aromatic heterocycles. The molecule has 0 spiro atoms. The molecule has 0 saturated heterocycles. The number of carbonyl (C=O) groups excluding carboxylic acids is 1. The number of hydrogen-bond donors (Lipinski definition) is 1. The number of thioether (sulfide) groups is 1. The van der Waals surface area contributed by atoms with Crippen LogP contribution in [0.15, 0.2) is 52.1 Å². The Bertz CT molecular complexity index is 956. The fourth-order valence-corrected chi connectivity index (χ4v) is 3.09. The summed E-state index contributed by atoms with van der Waals surface area (Å²) in [5.41, 5.74) is 2.99. The molecule has 0 radical (unpaired) electrons. The van der Waals surface area contributed by atoms with Crippen LogP contribution in [0, 0.1) is 6.92 Å². The first-order valence-corrected chi connectivity index (χ1v) is 9.34. The number of ether oxygens (including phenoxy) is 2. The summed E-state index contributed by atoms with van der Waals surface area (Å²) in [5, 5.41) is 11.2. The van der Waals surface area contributed by atoms with Crippen LogP contribution in [0.5, 0.6) is 11.5 Å². The van der Waals surface area contributed by atoms with Gasteiger partial charge in [0, 0.05) is 12.1 Å². The Hall–Kier alpha value is -3.00. The van der Waals surface area contributed by atoms with Gasteiger partial charge < -0.3 is 19.2 Å². The molecule has 1 amide bonds. The first-order chi connectivity index (χ1) is 13.2. The van der Waals surface area contributed by atoms with Gasteiger partial charge in [-0.2, -0.15) is 0 Å². The number of aromatic nitrogens is 2. The maximum Gasteiger partial charge on any atom is 0.277 e. The summed E-state index contributed by atoms with van der Waals surface area (Å²) in [7, 11) is 0. The van der Waals surface area contributed by atoms with Gasteiger partial charge in [0.1, 0.15) is 0 Å². The second-order valence-corrected chi connectivity index (χ2v) is 6.92. The molecular formula is C19H17N3O4S. The largest absolute Gasteiger partial charge is 0.454 e. The SMILES string of the molecule is Cc1ccc(CNC(=O)CSc2nnc(-c3ccc4c(c3)OCO4)o2)cc1. The van der Waals surface area contributed by atoms with E-state index in [-0.39, 0.29) is 18.5 Å². The number of hydrogen-bond acceptors (Lipinski definition) is 7. The Labute approximate surface area is 160 Å². The summed E-state index contributed by atoms with van der Waals surface area (Å²) >= 11 is 1.20. The van der Waals surface area contributed by atoms with Gasteiger partial charge >= 0.3 is 0 Å². The number of rotatable bonds is 6. The van der Waals surface area contributed by atoms with Gasteiger partial charge in [0.15, 0.2) is 11.5 Å². The molecule has 0 saturated carbocycles. The Morgan fingerprint density at radius 2 is 1.93 bits per heavy atom. The van der Waals surface area contributed by atoms with E-state index >= 15 is 0 Å². The zero-order valence-electron chi connectivity index (χ0n) is 14.6. The lowest BCUT2D eigenvalue weighted by Gasteiger charge is -2.04. The summed E-state index contributed by atoms with van der Waals surface area (Å²) in [4.78, 5) is 12.0. The van der Waals surface area contributed by atoms with Gasteiger partial charge in [-0.25, -0.2) is 0 Å². The molecule has 1 aliphatic rings. The minimum Gasteiger partial charge on any atom is -0.454 e. The second kappa shape index (κ2) is 7.71. The van der Waals surface area contributed by atoms with Crippen LogP contribution in [0.3, 0.4) is 0 Å². The molecule has 138 valence electrons. The second-order valence-electron chi connectivity index (χ2n) is 5.99. The molecule has 0 fully saturated rings. The molecule has 2 aromatic carbocycles. The third-order valence-electron chi connectivity index (χ3n) is 3.96. The van der Waals surface area contributed by atoms with E-state index < -0.39 is 0 Å². The van der Waals surface area contributed by atoms with E-state index in [1.807, 2.05) is 37.3 Å². The first-order valence-electron chi connectivity index (χ1n) is 8.36. The van der Waals surface area contributed by atoms with Crippen LogP contribution in [0.25, 0.3) is 11.5 Å². The van der Waals surface area contributed by atoms with Crippen LogP contribution >= 0.6 is 11.8 Å². The van der Waals surface area contributed by atoms with Crippen molar-refractivity contribution in [2.24, 2.45) is 0 Å². The molecule has 8 heteroatoms. The van der Waals surface area contributed by atoms with E-state index in [0.29, 0.717) is 29.2 Å². The van der Waals surface area contributed by atoms with Crippen molar-refractivity contribution in [2.45, 2.75) is 18.7 Å². The number of carbonyl (C=O) groups is 1. The fraction of sp³-hybridized carbons (Fsp3) is 0.211. The molecule has 0 bridgehead atoms. The van der Waals surface area contributed by atoms with Crippen molar-refractivity contribution in [3.8, 4) is 23.0 Å². The van der Waals surface area contributed by atoms with Crippen molar-refractivity contribution >= 4 is 17.7 Å². The predicted molar refractivity (Wildman–Crippen MR) is 99.6 cm³/mol. The normalized spacial score (nSPS) is 12.2. The molecule has 4 rings (SSSR count). The smallest absolute Gasteiger partial charge is 0.277 e. The molecule has 1 aliphatic heterocycles. The Balaban J connectivity index is 1.30. The Kier molecular flexibility index (Phi) is 4.97. The van der Waals surface area contributed by atoms with E-state index in [2.05, 4.69) is 15.5 Å². The van der Waals surface area contributed by atoms with Crippen LogP contribution in [-0.4, -0.2) is 28.7 Å². The highest BCUT2D eigenvalue weighted by Crippen LogP contribution is 2.35. The van der Waals surface area contributed by atoms with Crippen LogP contribution < -0.4 is 14.8 Å². The van der Waals surface area contributed by atoms with Crippen molar-refractivity contribution in [3.63, 3.8) is 0 Å². The number of fused-ring (bicyclic) bond motifs is 1. The highest BCUT2D eigenvalue weighted by molar-refractivity contribution is 7.99. The minimum absolute atomic E-state index is 0.0941. The van der Waals surface area contributed by atoms with Crippen molar-refractivity contribution in [3.05, 3.63) is 53.6 Å². The van der Waals surface area contributed by atoms with Crippen LogP contribution in [0.2, 0.25) is 0 Å². The summed E-state index contributed by atoms with van der Waals surface area (Å²) in [5.74, 6) is 1.82. The maximum absolute atomic E-state index is 12.0. The van der Waals surface area contributed by atoms with Crippen molar-refractivity contribution < 1.29 is 18.7 Å². The summed E-state index contributed by atoms with van der Waals surface area (Å²) < 4.78 is 16.2. The summed E-state index contributed by atoms with van der Waals surface area (Å²) in [6.45, 7) is 2.73. The van der Waals surface area contributed by atoms with Gasteiger partial charge in [0.2, 0.25) is 18.6 Å². The average molecular weight is 383 g/mol. The third kappa shape index (κ3) is 4.22. The van der Waals surface area contributed by atoms with E-state index in [0.717, 1.165) is 11.1 Å². The molecule has 1 N–H and O–H groups in total. The molecule has 0 unspecified atom stereocenters. The average Bonchev–Trinajstić information content (AvgIpc) is 3.34. The number of nitrogens with one attached hydrogen (secondary N) is 1. The quantitative estimate of drug-likeness (QED) is 0.654. The van der Waals surface area contributed by atoms with Crippen molar-refractivity contribution in [2.75, 3.05) is 12.5 Å². The first kappa shape index (κ1) is 17.4. The van der Waals surface area contributed by atoms with Gasteiger partial charge in [-0.1, -0.05) is 41.6 Å². The molecular weight excluding hydrogens is 366 g/mol. The standard InChI is InChI=1S/C19H17N3O4S/c1-12-2-4-13(5-3-12)9-20-17(23)10-27-19-22-21-18(26-19)14-6-7-15-16(8-14)25-11-24-15/h2-8H,9-11H2,1H3,(H,20,23). The summed E-state index contributed by atoms with van der Waals surface area (Å²) in [6, 6.07) is 13.4. The molecule has 2 heterocycles. The van der Waals surface area contributed by atoms with Gasteiger partial charge in [0.25, 0.3) is 5.22 Å². The van der Waals surface area contributed by atoms with Gasteiger partial charge in [-0.15, -0.1) is 10.2 Å². The zero-order chi connectivity index (χ0) is 18.6. The maximum atomic E-state index is 12.0. The molecule has 7 nitrogen and oxygen atoms in total.